The lowest BCUT2D eigenvalue weighted by molar-refractivity contribution is 0.948. The molecular formula is C8H11N3S. The molecule has 0 aliphatic heterocycles. The van der Waals surface area contributed by atoms with Crippen molar-refractivity contribution < 1.29 is 0 Å². The van der Waals surface area contributed by atoms with Crippen LogP contribution in [0.1, 0.15) is 17.2 Å². The fraction of sp³-hybridized carbons (Fsp3) is 0.375. The lowest BCUT2D eigenvalue weighted by Crippen LogP contribution is -2.14. The molecule has 0 saturated heterocycles. The number of aryl methyl sites for hydroxylation is 2. The zero-order valence-corrected chi connectivity index (χ0v) is 7.98. The van der Waals surface area contributed by atoms with Gasteiger partial charge in [-0.3, -0.25) is 0 Å². The largest absolute Gasteiger partial charge is 0.393 e. The number of hydrogen-bond donors (Lipinski definition) is 1. The van der Waals surface area contributed by atoms with Crippen molar-refractivity contribution in [1.29, 1.82) is 0 Å². The van der Waals surface area contributed by atoms with Crippen LogP contribution >= 0.6 is 12.2 Å². The van der Waals surface area contributed by atoms with Gasteiger partial charge < -0.3 is 5.73 Å². The van der Waals surface area contributed by atoms with Crippen molar-refractivity contribution in [3.05, 3.63) is 23.3 Å². The molecule has 0 aliphatic carbocycles. The van der Waals surface area contributed by atoms with Crippen molar-refractivity contribution in [2.45, 2.75) is 20.3 Å². The third-order valence-corrected chi connectivity index (χ3v) is 1.51. The molecule has 1 heterocycles. The van der Waals surface area contributed by atoms with Crippen LogP contribution in [0, 0.1) is 13.8 Å². The molecule has 2 N–H and O–H groups in total. The van der Waals surface area contributed by atoms with E-state index < -0.39 is 0 Å². The molecule has 0 saturated carbocycles. The Morgan fingerprint density at radius 3 is 2.33 bits per heavy atom. The highest BCUT2D eigenvalue weighted by atomic mass is 32.1. The maximum Gasteiger partial charge on any atom is 0.135 e. The average Bonchev–Trinajstić information content (AvgIpc) is 1.81. The Hall–Kier alpha value is -1.03. The van der Waals surface area contributed by atoms with Gasteiger partial charge in [0.15, 0.2) is 0 Å². The van der Waals surface area contributed by atoms with Gasteiger partial charge in [-0.2, -0.15) is 0 Å². The smallest absolute Gasteiger partial charge is 0.135 e. The zero-order valence-electron chi connectivity index (χ0n) is 7.16. The highest BCUT2D eigenvalue weighted by Crippen LogP contribution is 1.99. The van der Waals surface area contributed by atoms with E-state index in [4.69, 9.17) is 18.0 Å². The lowest BCUT2D eigenvalue weighted by Gasteiger charge is -2.00. The first-order valence-electron chi connectivity index (χ1n) is 3.67. The SMILES string of the molecule is Cc1cc(C)nc(CC(N)=S)n1. The molecule has 0 spiro atoms. The first-order valence-corrected chi connectivity index (χ1v) is 4.08. The fourth-order valence-electron chi connectivity index (χ4n) is 1.03. The van der Waals surface area contributed by atoms with Crippen molar-refractivity contribution >= 4 is 17.2 Å². The van der Waals surface area contributed by atoms with Crippen LogP contribution in [0.5, 0.6) is 0 Å². The minimum atomic E-state index is 0.431. The Balaban J connectivity index is 2.93. The summed E-state index contributed by atoms with van der Waals surface area (Å²) < 4.78 is 0. The summed E-state index contributed by atoms with van der Waals surface area (Å²) in [6, 6.07) is 1.92. The fourth-order valence-corrected chi connectivity index (χ4v) is 1.16. The van der Waals surface area contributed by atoms with Crippen LogP contribution in [0.15, 0.2) is 6.07 Å². The Labute approximate surface area is 77.0 Å². The standard InChI is InChI=1S/C8H11N3S/c1-5-3-6(2)11-8(10-5)4-7(9)12/h3H,4H2,1-2H3,(H2,9,12). The monoisotopic (exact) mass is 181 g/mol. The van der Waals surface area contributed by atoms with E-state index >= 15 is 0 Å². The number of hydrogen-bond acceptors (Lipinski definition) is 3. The van der Waals surface area contributed by atoms with Gasteiger partial charge in [-0.15, -0.1) is 0 Å². The van der Waals surface area contributed by atoms with Gasteiger partial charge in [0.05, 0.1) is 11.4 Å². The van der Waals surface area contributed by atoms with Crippen molar-refractivity contribution in [2.24, 2.45) is 5.73 Å². The zero-order chi connectivity index (χ0) is 9.14. The van der Waals surface area contributed by atoms with Gasteiger partial charge in [-0.05, 0) is 19.9 Å². The summed E-state index contributed by atoms with van der Waals surface area (Å²) in [5, 5.41) is 0. The molecule has 1 aromatic heterocycles. The minimum absolute atomic E-state index is 0.431. The van der Waals surface area contributed by atoms with Crippen molar-refractivity contribution in [2.75, 3.05) is 0 Å². The highest BCUT2D eigenvalue weighted by Gasteiger charge is 2.00. The second-order valence-corrected chi connectivity index (χ2v) is 3.23. The number of nitrogens with zero attached hydrogens (tertiary/aromatic N) is 2. The van der Waals surface area contributed by atoms with Gasteiger partial charge in [0.25, 0.3) is 0 Å². The Bertz CT molecular complexity index is 289. The summed E-state index contributed by atoms with van der Waals surface area (Å²) in [6.07, 6.45) is 0.484. The third kappa shape index (κ3) is 2.54. The molecule has 0 aromatic carbocycles. The summed E-state index contributed by atoms with van der Waals surface area (Å²) >= 11 is 4.76. The van der Waals surface area contributed by atoms with Gasteiger partial charge >= 0.3 is 0 Å². The summed E-state index contributed by atoms with van der Waals surface area (Å²) in [4.78, 5) is 8.82. The maximum absolute atomic E-state index is 5.38. The Kier molecular flexibility index (Phi) is 2.70. The molecule has 4 heteroatoms. The summed E-state index contributed by atoms with van der Waals surface area (Å²) in [5.74, 6) is 0.708. The maximum atomic E-state index is 5.38. The molecule has 1 aromatic rings. The second kappa shape index (κ2) is 3.58. The number of rotatable bonds is 2. The lowest BCUT2D eigenvalue weighted by atomic mass is 10.3. The molecule has 0 unspecified atom stereocenters. The molecule has 0 aliphatic rings. The molecule has 1 rings (SSSR count). The normalized spacial score (nSPS) is 9.83. The third-order valence-electron chi connectivity index (χ3n) is 1.36. The van der Waals surface area contributed by atoms with Crippen LogP contribution in [-0.2, 0) is 6.42 Å². The van der Waals surface area contributed by atoms with E-state index in [1.165, 1.54) is 0 Å². The predicted octanol–water partition coefficient (Wildman–Crippen LogP) is 0.922. The van der Waals surface area contributed by atoms with E-state index in [0.717, 1.165) is 11.4 Å². The second-order valence-electron chi connectivity index (χ2n) is 2.71. The average molecular weight is 181 g/mol. The summed E-state index contributed by atoms with van der Waals surface area (Å²) in [7, 11) is 0. The molecule has 0 atom stereocenters. The molecule has 0 radical (unpaired) electrons. The molecule has 0 fully saturated rings. The first-order chi connectivity index (χ1) is 5.58. The molecule has 3 nitrogen and oxygen atoms in total. The quantitative estimate of drug-likeness (QED) is 0.689. The van der Waals surface area contributed by atoms with E-state index in [2.05, 4.69) is 9.97 Å². The number of nitrogens with two attached hydrogens (primary N) is 1. The minimum Gasteiger partial charge on any atom is -0.393 e. The summed E-state index contributed by atoms with van der Waals surface area (Å²) in [5.41, 5.74) is 7.28. The Morgan fingerprint density at radius 2 is 1.92 bits per heavy atom. The van der Waals surface area contributed by atoms with E-state index in [-0.39, 0.29) is 0 Å². The topological polar surface area (TPSA) is 51.8 Å². The van der Waals surface area contributed by atoms with E-state index in [0.29, 0.717) is 17.2 Å². The molecule has 12 heavy (non-hydrogen) atoms. The van der Waals surface area contributed by atoms with Gasteiger partial charge in [-0.25, -0.2) is 9.97 Å². The van der Waals surface area contributed by atoms with E-state index in [1.54, 1.807) is 0 Å². The summed E-state index contributed by atoms with van der Waals surface area (Å²) in [6.45, 7) is 3.86. The number of aromatic nitrogens is 2. The van der Waals surface area contributed by atoms with Gasteiger partial charge in [-0.1, -0.05) is 12.2 Å². The van der Waals surface area contributed by atoms with Crippen molar-refractivity contribution in [1.82, 2.24) is 9.97 Å². The van der Waals surface area contributed by atoms with Crippen LogP contribution < -0.4 is 5.73 Å². The van der Waals surface area contributed by atoms with E-state index in [9.17, 15) is 0 Å². The molecular weight excluding hydrogens is 170 g/mol. The van der Waals surface area contributed by atoms with Gasteiger partial charge in [0.2, 0.25) is 0 Å². The highest BCUT2D eigenvalue weighted by molar-refractivity contribution is 7.80. The molecule has 0 bridgehead atoms. The first kappa shape index (κ1) is 9.06. The van der Waals surface area contributed by atoms with Gasteiger partial charge in [0.1, 0.15) is 5.82 Å². The molecule has 0 amide bonds. The van der Waals surface area contributed by atoms with Crippen molar-refractivity contribution in [3.63, 3.8) is 0 Å². The molecule has 64 valence electrons. The van der Waals surface area contributed by atoms with Crippen LogP contribution in [0.25, 0.3) is 0 Å². The number of thiocarbonyl (C=S) groups is 1. The van der Waals surface area contributed by atoms with Crippen LogP contribution in [0.4, 0.5) is 0 Å². The van der Waals surface area contributed by atoms with Crippen LogP contribution in [0.3, 0.4) is 0 Å². The van der Waals surface area contributed by atoms with Crippen molar-refractivity contribution in [3.8, 4) is 0 Å². The van der Waals surface area contributed by atoms with Gasteiger partial charge in [0, 0.05) is 11.4 Å². The predicted molar refractivity (Wildman–Crippen MR) is 52.0 cm³/mol. The van der Waals surface area contributed by atoms with E-state index in [1.807, 2.05) is 19.9 Å². The van der Waals surface area contributed by atoms with Crippen LogP contribution in [-0.4, -0.2) is 15.0 Å². The van der Waals surface area contributed by atoms with Crippen LogP contribution in [0.2, 0.25) is 0 Å². The Morgan fingerprint density at radius 1 is 1.42 bits per heavy atom.